The minimum absolute atomic E-state index is 0.0931. The van der Waals surface area contributed by atoms with Gasteiger partial charge in [-0.3, -0.25) is 14.7 Å². The standard InChI is InChI=1S/C17H18BrN3OS/c18-16-5-3-15(23-16)4-6-17(22)21-10-8-20(9-11-21)13-14-2-1-7-19-12-14/h1-7,12H,8-11,13H2/b6-4+. The summed E-state index contributed by atoms with van der Waals surface area (Å²) in [5.74, 6) is 0.0931. The van der Waals surface area contributed by atoms with E-state index in [1.165, 1.54) is 5.56 Å². The van der Waals surface area contributed by atoms with Crippen molar-refractivity contribution < 1.29 is 4.79 Å². The molecule has 0 unspecified atom stereocenters. The highest BCUT2D eigenvalue weighted by molar-refractivity contribution is 9.11. The van der Waals surface area contributed by atoms with E-state index >= 15 is 0 Å². The van der Waals surface area contributed by atoms with Crippen LogP contribution in [0.15, 0.2) is 46.5 Å². The van der Waals surface area contributed by atoms with Crippen LogP contribution in [0.25, 0.3) is 6.08 Å². The van der Waals surface area contributed by atoms with Gasteiger partial charge in [-0.05, 0) is 45.8 Å². The molecule has 0 atom stereocenters. The number of rotatable bonds is 4. The van der Waals surface area contributed by atoms with Gasteiger partial charge in [-0.25, -0.2) is 0 Å². The van der Waals surface area contributed by atoms with Crippen molar-refractivity contribution in [1.82, 2.24) is 14.8 Å². The minimum Gasteiger partial charge on any atom is -0.337 e. The third kappa shape index (κ3) is 4.73. The van der Waals surface area contributed by atoms with Gasteiger partial charge in [-0.2, -0.15) is 0 Å². The van der Waals surface area contributed by atoms with Crippen LogP contribution in [0.5, 0.6) is 0 Å². The fourth-order valence-corrected chi connectivity index (χ4v) is 3.88. The number of carbonyl (C=O) groups excluding carboxylic acids is 1. The van der Waals surface area contributed by atoms with E-state index in [1.807, 2.05) is 35.4 Å². The molecule has 23 heavy (non-hydrogen) atoms. The molecule has 3 heterocycles. The molecule has 0 radical (unpaired) electrons. The Morgan fingerprint density at radius 3 is 2.74 bits per heavy atom. The molecular weight excluding hydrogens is 374 g/mol. The maximum absolute atomic E-state index is 12.2. The molecule has 2 aromatic heterocycles. The molecule has 1 aliphatic rings. The average Bonchev–Trinajstić information content (AvgIpc) is 3.00. The molecule has 1 amide bonds. The molecule has 6 heteroatoms. The maximum atomic E-state index is 12.2. The molecule has 2 aromatic rings. The Morgan fingerprint density at radius 2 is 2.09 bits per heavy atom. The van der Waals surface area contributed by atoms with Gasteiger partial charge >= 0.3 is 0 Å². The summed E-state index contributed by atoms with van der Waals surface area (Å²) in [6.45, 7) is 4.25. The number of piperazine rings is 1. The van der Waals surface area contributed by atoms with Crippen LogP contribution in [0.4, 0.5) is 0 Å². The van der Waals surface area contributed by atoms with Crippen LogP contribution in [-0.4, -0.2) is 46.9 Å². The normalized spacial score (nSPS) is 16.1. The second kappa shape index (κ2) is 7.86. The van der Waals surface area contributed by atoms with E-state index in [1.54, 1.807) is 23.6 Å². The molecule has 0 N–H and O–H groups in total. The Balaban J connectivity index is 1.48. The summed E-state index contributed by atoms with van der Waals surface area (Å²) in [6, 6.07) is 8.05. The Bertz CT molecular complexity index is 678. The third-order valence-corrected chi connectivity index (χ3v) is 5.39. The monoisotopic (exact) mass is 391 g/mol. The lowest BCUT2D eigenvalue weighted by Gasteiger charge is -2.34. The maximum Gasteiger partial charge on any atom is 0.246 e. The summed E-state index contributed by atoms with van der Waals surface area (Å²) in [5, 5.41) is 0. The van der Waals surface area contributed by atoms with E-state index in [4.69, 9.17) is 0 Å². The van der Waals surface area contributed by atoms with Crippen molar-refractivity contribution in [3.05, 3.63) is 57.0 Å². The first-order valence-corrected chi connectivity index (χ1v) is 9.15. The van der Waals surface area contributed by atoms with Crippen molar-refractivity contribution in [2.24, 2.45) is 0 Å². The lowest BCUT2D eigenvalue weighted by atomic mass is 10.2. The largest absolute Gasteiger partial charge is 0.337 e. The van der Waals surface area contributed by atoms with Crippen molar-refractivity contribution in [3.8, 4) is 0 Å². The predicted molar refractivity (Wildman–Crippen MR) is 97.1 cm³/mol. The summed E-state index contributed by atoms with van der Waals surface area (Å²) in [7, 11) is 0. The SMILES string of the molecule is O=C(/C=C/c1ccc(Br)s1)N1CCN(Cc2cccnc2)CC1. The molecular formula is C17H18BrN3OS. The second-order valence-electron chi connectivity index (χ2n) is 5.44. The van der Waals surface area contributed by atoms with Crippen LogP contribution in [0, 0.1) is 0 Å². The second-order valence-corrected chi connectivity index (χ2v) is 7.93. The Kier molecular flexibility index (Phi) is 5.59. The average molecular weight is 392 g/mol. The topological polar surface area (TPSA) is 36.4 Å². The number of aromatic nitrogens is 1. The van der Waals surface area contributed by atoms with Gasteiger partial charge in [-0.15, -0.1) is 11.3 Å². The highest BCUT2D eigenvalue weighted by Crippen LogP contribution is 2.23. The first kappa shape index (κ1) is 16.4. The van der Waals surface area contributed by atoms with Gasteiger partial charge in [-0.1, -0.05) is 6.07 Å². The Labute approximate surface area is 148 Å². The molecule has 0 bridgehead atoms. The van der Waals surface area contributed by atoms with Gasteiger partial charge in [0.15, 0.2) is 0 Å². The van der Waals surface area contributed by atoms with Gasteiger partial charge in [0.2, 0.25) is 5.91 Å². The third-order valence-electron chi connectivity index (χ3n) is 3.80. The van der Waals surface area contributed by atoms with Crippen molar-refractivity contribution in [1.29, 1.82) is 0 Å². The molecule has 0 spiro atoms. The predicted octanol–water partition coefficient (Wildman–Crippen LogP) is 3.26. The van der Waals surface area contributed by atoms with E-state index in [-0.39, 0.29) is 5.91 Å². The molecule has 1 saturated heterocycles. The zero-order valence-electron chi connectivity index (χ0n) is 12.7. The molecule has 0 aromatic carbocycles. The van der Waals surface area contributed by atoms with Crippen LogP contribution in [0.3, 0.4) is 0 Å². The number of amides is 1. The van der Waals surface area contributed by atoms with Crippen molar-refractivity contribution >= 4 is 39.2 Å². The van der Waals surface area contributed by atoms with Crippen LogP contribution in [-0.2, 0) is 11.3 Å². The van der Waals surface area contributed by atoms with Crippen LogP contribution in [0.1, 0.15) is 10.4 Å². The van der Waals surface area contributed by atoms with Gasteiger partial charge in [0.25, 0.3) is 0 Å². The van der Waals surface area contributed by atoms with Gasteiger partial charge in [0.05, 0.1) is 3.79 Å². The van der Waals surface area contributed by atoms with Gasteiger partial charge in [0.1, 0.15) is 0 Å². The summed E-state index contributed by atoms with van der Waals surface area (Å²) in [5.41, 5.74) is 1.22. The van der Waals surface area contributed by atoms with E-state index in [9.17, 15) is 4.79 Å². The van der Waals surface area contributed by atoms with Gasteiger partial charge < -0.3 is 4.90 Å². The number of thiophene rings is 1. The molecule has 120 valence electrons. The van der Waals surface area contributed by atoms with Crippen LogP contribution < -0.4 is 0 Å². The van der Waals surface area contributed by atoms with Crippen LogP contribution in [0.2, 0.25) is 0 Å². The number of carbonyl (C=O) groups is 1. The first-order valence-electron chi connectivity index (χ1n) is 7.54. The Hall–Kier alpha value is -1.50. The Morgan fingerprint density at radius 1 is 1.26 bits per heavy atom. The number of hydrogen-bond acceptors (Lipinski definition) is 4. The summed E-state index contributed by atoms with van der Waals surface area (Å²) in [6.07, 6.45) is 7.26. The number of pyridine rings is 1. The highest BCUT2D eigenvalue weighted by atomic mass is 79.9. The quantitative estimate of drug-likeness (QED) is 0.750. The van der Waals surface area contributed by atoms with Crippen molar-refractivity contribution in [2.75, 3.05) is 26.2 Å². The summed E-state index contributed by atoms with van der Waals surface area (Å²) >= 11 is 5.05. The molecule has 0 aliphatic carbocycles. The lowest BCUT2D eigenvalue weighted by Crippen LogP contribution is -2.47. The zero-order chi connectivity index (χ0) is 16.1. The highest BCUT2D eigenvalue weighted by Gasteiger charge is 2.19. The molecule has 1 fully saturated rings. The van der Waals surface area contributed by atoms with E-state index in [0.717, 1.165) is 41.4 Å². The summed E-state index contributed by atoms with van der Waals surface area (Å²) in [4.78, 5) is 21.8. The van der Waals surface area contributed by atoms with E-state index in [2.05, 4.69) is 31.9 Å². The smallest absolute Gasteiger partial charge is 0.246 e. The lowest BCUT2D eigenvalue weighted by molar-refractivity contribution is -0.127. The van der Waals surface area contributed by atoms with Gasteiger partial charge in [0, 0.05) is 56.1 Å². The fraction of sp³-hybridized carbons (Fsp3) is 0.294. The molecule has 4 nitrogen and oxygen atoms in total. The fourth-order valence-electron chi connectivity index (χ4n) is 2.55. The molecule has 3 rings (SSSR count). The van der Waals surface area contributed by atoms with Crippen molar-refractivity contribution in [2.45, 2.75) is 6.54 Å². The van der Waals surface area contributed by atoms with E-state index in [0.29, 0.717) is 0 Å². The molecule has 1 aliphatic heterocycles. The molecule has 0 saturated carbocycles. The number of hydrogen-bond donors (Lipinski definition) is 0. The first-order chi connectivity index (χ1) is 11.2. The summed E-state index contributed by atoms with van der Waals surface area (Å²) < 4.78 is 1.08. The minimum atomic E-state index is 0.0931. The van der Waals surface area contributed by atoms with Crippen LogP contribution >= 0.6 is 27.3 Å². The van der Waals surface area contributed by atoms with Crippen molar-refractivity contribution in [3.63, 3.8) is 0 Å². The number of halogens is 1. The van der Waals surface area contributed by atoms with E-state index < -0.39 is 0 Å². The zero-order valence-corrected chi connectivity index (χ0v) is 15.1. The number of nitrogens with zero attached hydrogens (tertiary/aromatic N) is 3.